The molecule has 1 heterocycles. The molecule has 1 aromatic heterocycles. The zero-order chi connectivity index (χ0) is 14.7. The Hall–Kier alpha value is -2.41. The summed E-state index contributed by atoms with van der Waals surface area (Å²) in [4.78, 5) is 8.30. The van der Waals surface area contributed by atoms with Crippen molar-refractivity contribution in [3.63, 3.8) is 0 Å². The molecule has 1 aromatic carbocycles. The van der Waals surface area contributed by atoms with Crippen LogP contribution in [-0.2, 0) is 0 Å². The fourth-order valence-corrected chi connectivity index (χ4v) is 2.46. The monoisotopic (exact) mass is 267 g/mol. The Morgan fingerprint density at radius 1 is 1.20 bits per heavy atom. The molecule has 0 saturated carbocycles. The molecule has 0 spiro atoms. The SMILES string of the molecule is COc1c(C)cc(C(C#N)c2cnccn2)c(C)c1C. The number of nitriles is 1. The van der Waals surface area contributed by atoms with Crippen LogP contribution in [-0.4, -0.2) is 17.1 Å². The van der Waals surface area contributed by atoms with Crippen LogP contribution in [0.25, 0.3) is 0 Å². The van der Waals surface area contributed by atoms with Crippen LogP contribution in [0.4, 0.5) is 0 Å². The first-order chi connectivity index (χ1) is 9.60. The maximum absolute atomic E-state index is 9.52. The molecule has 0 fully saturated rings. The standard InChI is InChI=1S/C16H17N3O/c1-10-7-13(11(2)12(3)16(10)20-4)14(8-17)15-9-18-5-6-19-15/h5-7,9,14H,1-4H3. The van der Waals surface area contributed by atoms with E-state index in [-0.39, 0.29) is 0 Å². The predicted molar refractivity (Wildman–Crippen MR) is 76.7 cm³/mol. The van der Waals surface area contributed by atoms with Crippen molar-refractivity contribution in [1.29, 1.82) is 5.26 Å². The summed E-state index contributed by atoms with van der Waals surface area (Å²) in [5.74, 6) is 0.467. The van der Waals surface area contributed by atoms with Gasteiger partial charge in [-0.3, -0.25) is 9.97 Å². The molecule has 0 radical (unpaired) electrons. The van der Waals surface area contributed by atoms with E-state index in [0.717, 1.165) is 28.0 Å². The average Bonchev–Trinajstić information content (AvgIpc) is 2.46. The van der Waals surface area contributed by atoms with Crippen LogP contribution >= 0.6 is 0 Å². The zero-order valence-electron chi connectivity index (χ0n) is 12.1. The number of hydrogen-bond acceptors (Lipinski definition) is 4. The first kappa shape index (κ1) is 14.0. The molecule has 0 bridgehead atoms. The summed E-state index contributed by atoms with van der Waals surface area (Å²) in [7, 11) is 1.67. The van der Waals surface area contributed by atoms with Gasteiger partial charge in [0.25, 0.3) is 0 Å². The minimum atomic E-state index is -0.410. The number of benzene rings is 1. The van der Waals surface area contributed by atoms with Gasteiger partial charge in [-0.25, -0.2) is 0 Å². The van der Waals surface area contributed by atoms with Crippen molar-refractivity contribution in [1.82, 2.24) is 9.97 Å². The number of methoxy groups -OCH3 is 1. The minimum Gasteiger partial charge on any atom is -0.496 e. The van der Waals surface area contributed by atoms with Crippen LogP contribution in [0.2, 0.25) is 0 Å². The van der Waals surface area contributed by atoms with Crippen LogP contribution in [0.3, 0.4) is 0 Å². The Bertz CT molecular complexity index is 660. The van der Waals surface area contributed by atoms with Crippen molar-refractivity contribution in [2.75, 3.05) is 7.11 Å². The second kappa shape index (κ2) is 5.70. The van der Waals surface area contributed by atoms with Gasteiger partial charge in [0.1, 0.15) is 11.7 Å². The van der Waals surface area contributed by atoms with E-state index in [2.05, 4.69) is 16.0 Å². The molecule has 2 aromatic rings. The van der Waals surface area contributed by atoms with E-state index >= 15 is 0 Å². The Labute approximate surface area is 119 Å². The Balaban J connectivity index is 2.61. The molecule has 4 heteroatoms. The third-order valence-electron chi connectivity index (χ3n) is 3.59. The lowest BCUT2D eigenvalue weighted by Crippen LogP contribution is -2.06. The number of ether oxygens (including phenoxy) is 1. The lowest BCUT2D eigenvalue weighted by Gasteiger charge is -2.18. The van der Waals surface area contributed by atoms with Gasteiger partial charge >= 0.3 is 0 Å². The van der Waals surface area contributed by atoms with Crippen molar-refractivity contribution >= 4 is 0 Å². The number of aromatic nitrogens is 2. The summed E-state index contributed by atoms with van der Waals surface area (Å²) >= 11 is 0. The molecular formula is C16H17N3O. The van der Waals surface area contributed by atoms with Gasteiger partial charge in [-0.2, -0.15) is 5.26 Å². The summed E-state index contributed by atoms with van der Waals surface area (Å²) in [5, 5.41) is 9.52. The summed E-state index contributed by atoms with van der Waals surface area (Å²) in [6.07, 6.45) is 4.86. The van der Waals surface area contributed by atoms with E-state index in [4.69, 9.17) is 4.74 Å². The van der Waals surface area contributed by atoms with Gasteiger partial charge in [-0.1, -0.05) is 6.07 Å². The molecule has 1 unspecified atom stereocenters. The molecule has 20 heavy (non-hydrogen) atoms. The zero-order valence-corrected chi connectivity index (χ0v) is 12.1. The van der Waals surface area contributed by atoms with E-state index in [1.54, 1.807) is 25.7 Å². The van der Waals surface area contributed by atoms with Gasteiger partial charge in [-0.05, 0) is 43.0 Å². The maximum atomic E-state index is 9.52. The highest BCUT2D eigenvalue weighted by Crippen LogP contribution is 2.34. The van der Waals surface area contributed by atoms with E-state index in [1.165, 1.54) is 0 Å². The normalized spacial score (nSPS) is 11.8. The quantitative estimate of drug-likeness (QED) is 0.857. The smallest absolute Gasteiger partial charge is 0.124 e. The molecule has 2 rings (SSSR count). The number of hydrogen-bond donors (Lipinski definition) is 0. The molecule has 0 aliphatic rings. The van der Waals surface area contributed by atoms with Crippen molar-refractivity contribution in [2.24, 2.45) is 0 Å². The largest absolute Gasteiger partial charge is 0.496 e. The van der Waals surface area contributed by atoms with Crippen LogP contribution in [0, 0.1) is 32.1 Å². The summed E-state index contributed by atoms with van der Waals surface area (Å²) in [5.41, 5.74) is 4.77. The number of aryl methyl sites for hydroxylation is 1. The fraction of sp³-hybridized carbons (Fsp3) is 0.312. The van der Waals surface area contributed by atoms with Gasteiger partial charge < -0.3 is 4.74 Å². The van der Waals surface area contributed by atoms with Gasteiger partial charge in [0.05, 0.1) is 25.1 Å². The van der Waals surface area contributed by atoms with Crippen molar-refractivity contribution in [3.05, 3.63) is 52.6 Å². The van der Waals surface area contributed by atoms with Crippen molar-refractivity contribution in [2.45, 2.75) is 26.7 Å². The third-order valence-corrected chi connectivity index (χ3v) is 3.59. The van der Waals surface area contributed by atoms with E-state index in [0.29, 0.717) is 5.69 Å². The minimum absolute atomic E-state index is 0.410. The second-order valence-corrected chi connectivity index (χ2v) is 4.76. The first-order valence-electron chi connectivity index (χ1n) is 6.40. The van der Waals surface area contributed by atoms with Crippen LogP contribution in [0.5, 0.6) is 5.75 Å². The van der Waals surface area contributed by atoms with Crippen LogP contribution < -0.4 is 4.74 Å². The summed E-state index contributed by atoms with van der Waals surface area (Å²) in [6.45, 7) is 6.00. The number of nitrogens with zero attached hydrogens (tertiary/aromatic N) is 3. The Morgan fingerprint density at radius 2 is 1.95 bits per heavy atom. The molecule has 4 nitrogen and oxygen atoms in total. The van der Waals surface area contributed by atoms with Crippen molar-refractivity contribution in [3.8, 4) is 11.8 Å². The third kappa shape index (κ3) is 2.35. The van der Waals surface area contributed by atoms with Gasteiger partial charge in [0.15, 0.2) is 0 Å². The molecule has 102 valence electrons. The van der Waals surface area contributed by atoms with E-state index in [1.807, 2.05) is 26.8 Å². The van der Waals surface area contributed by atoms with Gasteiger partial charge in [-0.15, -0.1) is 0 Å². The highest BCUT2D eigenvalue weighted by Gasteiger charge is 2.20. The maximum Gasteiger partial charge on any atom is 0.124 e. The number of rotatable bonds is 3. The molecule has 0 N–H and O–H groups in total. The first-order valence-corrected chi connectivity index (χ1v) is 6.40. The average molecular weight is 267 g/mol. The highest BCUT2D eigenvalue weighted by atomic mass is 16.5. The van der Waals surface area contributed by atoms with Crippen LogP contribution in [0.15, 0.2) is 24.7 Å². The molecule has 0 aliphatic carbocycles. The Kier molecular flexibility index (Phi) is 3.99. The van der Waals surface area contributed by atoms with E-state index in [9.17, 15) is 5.26 Å². The van der Waals surface area contributed by atoms with Gasteiger partial charge in [0.2, 0.25) is 0 Å². The summed E-state index contributed by atoms with van der Waals surface area (Å²) in [6, 6.07) is 4.33. The fourth-order valence-electron chi connectivity index (χ4n) is 2.46. The molecule has 1 atom stereocenters. The lowest BCUT2D eigenvalue weighted by atomic mass is 9.89. The predicted octanol–water partition coefficient (Wildman–Crippen LogP) is 3.07. The topological polar surface area (TPSA) is 58.8 Å². The van der Waals surface area contributed by atoms with Crippen molar-refractivity contribution < 1.29 is 4.74 Å². The highest BCUT2D eigenvalue weighted by molar-refractivity contribution is 5.52. The molecule has 0 amide bonds. The van der Waals surface area contributed by atoms with E-state index < -0.39 is 5.92 Å². The lowest BCUT2D eigenvalue weighted by molar-refractivity contribution is 0.408. The summed E-state index contributed by atoms with van der Waals surface area (Å²) < 4.78 is 5.42. The van der Waals surface area contributed by atoms with Crippen LogP contribution in [0.1, 0.15) is 33.9 Å². The molecular weight excluding hydrogens is 250 g/mol. The second-order valence-electron chi connectivity index (χ2n) is 4.76. The van der Waals surface area contributed by atoms with Gasteiger partial charge in [0, 0.05) is 12.4 Å². The Morgan fingerprint density at radius 3 is 2.50 bits per heavy atom. The molecule has 0 saturated heterocycles. The molecule has 0 aliphatic heterocycles.